The van der Waals surface area contributed by atoms with Crippen molar-refractivity contribution >= 4 is 5.91 Å². The van der Waals surface area contributed by atoms with Crippen LogP contribution in [0.15, 0.2) is 0 Å². The van der Waals surface area contributed by atoms with E-state index in [4.69, 9.17) is 5.11 Å². The van der Waals surface area contributed by atoms with Gasteiger partial charge < -0.3 is 10.0 Å². The normalized spacial score (nSPS) is 25.2. The minimum atomic E-state index is 0.113. The van der Waals surface area contributed by atoms with Crippen LogP contribution in [0, 0.1) is 17.8 Å². The van der Waals surface area contributed by atoms with Crippen LogP contribution in [-0.4, -0.2) is 35.6 Å². The summed E-state index contributed by atoms with van der Waals surface area (Å²) in [6.45, 7) is 8.12. The predicted molar refractivity (Wildman–Crippen MR) is 65.0 cm³/mol. The van der Waals surface area contributed by atoms with Crippen LogP contribution in [0.25, 0.3) is 0 Å². The Hall–Kier alpha value is -0.570. The molecule has 3 heteroatoms. The van der Waals surface area contributed by atoms with Crippen LogP contribution in [0.4, 0.5) is 0 Å². The average Bonchev–Trinajstić information content (AvgIpc) is 2.36. The summed E-state index contributed by atoms with van der Waals surface area (Å²) in [7, 11) is 0. The molecule has 3 nitrogen and oxygen atoms in total. The van der Waals surface area contributed by atoms with Crippen molar-refractivity contribution in [3.05, 3.63) is 0 Å². The zero-order valence-electron chi connectivity index (χ0n) is 10.8. The number of hydrogen-bond donors (Lipinski definition) is 1. The number of hydrogen-bond acceptors (Lipinski definition) is 2. The standard InChI is InChI=1S/C13H25NO2/c1-4-10(2)11(3)13(16)14-7-5-6-12(8-14)9-15/h10-12,15H,4-9H2,1-3H3. The molecule has 1 fully saturated rings. The van der Waals surface area contributed by atoms with Crippen LogP contribution >= 0.6 is 0 Å². The second-order valence-corrected chi connectivity index (χ2v) is 5.15. The first-order valence-corrected chi connectivity index (χ1v) is 6.49. The van der Waals surface area contributed by atoms with Gasteiger partial charge in [-0.2, -0.15) is 0 Å². The van der Waals surface area contributed by atoms with Crippen molar-refractivity contribution in [1.29, 1.82) is 0 Å². The molecule has 0 bridgehead atoms. The summed E-state index contributed by atoms with van der Waals surface area (Å²) in [5, 5.41) is 9.15. The summed E-state index contributed by atoms with van der Waals surface area (Å²) in [6.07, 6.45) is 3.13. The molecule has 0 radical (unpaired) electrons. The van der Waals surface area contributed by atoms with Gasteiger partial charge in [0.25, 0.3) is 0 Å². The first-order valence-electron chi connectivity index (χ1n) is 6.49. The molecule has 3 unspecified atom stereocenters. The van der Waals surface area contributed by atoms with E-state index in [9.17, 15) is 4.79 Å². The van der Waals surface area contributed by atoms with Gasteiger partial charge in [-0.15, -0.1) is 0 Å². The number of amides is 1. The van der Waals surface area contributed by atoms with E-state index in [1.165, 1.54) is 0 Å². The molecule has 16 heavy (non-hydrogen) atoms. The molecule has 1 aliphatic heterocycles. The highest BCUT2D eigenvalue weighted by Gasteiger charge is 2.28. The zero-order valence-corrected chi connectivity index (χ0v) is 10.8. The Labute approximate surface area is 98.8 Å². The summed E-state index contributed by atoms with van der Waals surface area (Å²) >= 11 is 0. The summed E-state index contributed by atoms with van der Waals surface area (Å²) in [4.78, 5) is 14.1. The highest BCUT2D eigenvalue weighted by molar-refractivity contribution is 5.78. The third kappa shape index (κ3) is 3.21. The van der Waals surface area contributed by atoms with E-state index in [1.54, 1.807) is 0 Å². The Bertz CT molecular complexity index is 230. The molecule has 1 N–H and O–H groups in total. The van der Waals surface area contributed by atoms with Gasteiger partial charge in [-0.1, -0.05) is 27.2 Å². The quantitative estimate of drug-likeness (QED) is 0.797. The van der Waals surface area contributed by atoms with Crippen molar-refractivity contribution in [3.8, 4) is 0 Å². The molecule has 0 spiro atoms. The molecule has 1 amide bonds. The average molecular weight is 227 g/mol. The molecule has 3 atom stereocenters. The maximum atomic E-state index is 12.2. The van der Waals surface area contributed by atoms with Crippen LogP contribution in [0.2, 0.25) is 0 Å². The van der Waals surface area contributed by atoms with Crippen LogP contribution in [0.5, 0.6) is 0 Å². The van der Waals surface area contributed by atoms with Crippen molar-refractivity contribution < 1.29 is 9.90 Å². The van der Waals surface area contributed by atoms with Gasteiger partial charge in [0.1, 0.15) is 0 Å². The van der Waals surface area contributed by atoms with Crippen molar-refractivity contribution in [2.24, 2.45) is 17.8 Å². The van der Waals surface area contributed by atoms with Crippen LogP contribution in [0.1, 0.15) is 40.0 Å². The van der Waals surface area contributed by atoms with Crippen molar-refractivity contribution in [2.45, 2.75) is 40.0 Å². The van der Waals surface area contributed by atoms with Crippen molar-refractivity contribution in [1.82, 2.24) is 4.90 Å². The first kappa shape index (κ1) is 13.5. The van der Waals surface area contributed by atoms with E-state index in [-0.39, 0.29) is 18.4 Å². The van der Waals surface area contributed by atoms with Gasteiger partial charge >= 0.3 is 0 Å². The molecule has 1 rings (SSSR count). The molecule has 0 aliphatic carbocycles. The van der Waals surface area contributed by atoms with Gasteiger partial charge in [0, 0.05) is 25.6 Å². The second-order valence-electron chi connectivity index (χ2n) is 5.15. The van der Waals surface area contributed by atoms with E-state index in [0.717, 1.165) is 32.4 Å². The number of piperidine rings is 1. The lowest BCUT2D eigenvalue weighted by Crippen LogP contribution is -2.44. The summed E-state index contributed by atoms with van der Waals surface area (Å²) in [5.41, 5.74) is 0. The van der Waals surface area contributed by atoms with Gasteiger partial charge in [-0.25, -0.2) is 0 Å². The Kier molecular flexibility index (Phi) is 5.26. The molecule has 0 aromatic heterocycles. The molecule has 1 saturated heterocycles. The molecule has 0 aromatic rings. The molecular formula is C13H25NO2. The molecule has 94 valence electrons. The topological polar surface area (TPSA) is 40.5 Å². The van der Waals surface area contributed by atoms with E-state index in [2.05, 4.69) is 13.8 Å². The van der Waals surface area contributed by atoms with E-state index >= 15 is 0 Å². The Morgan fingerprint density at radius 3 is 2.75 bits per heavy atom. The minimum absolute atomic E-state index is 0.113. The molecule has 0 aromatic carbocycles. The smallest absolute Gasteiger partial charge is 0.225 e. The fraction of sp³-hybridized carbons (Fsp3) is 0.923. The van der Waals surface area contributed by atoms with Crippen LogP contribution in [-0.2, 0) is 4.79 Å². The van der Waals surface area contributed by atoms with E-state index < -0.39 is 0 Å². The Balaban J connectivity index is 2.52. The number of carbonyl (C=O) groups is 1. The van der Waals surface area contributed by atoms with Crippen LogP contribution in [0.3, 0.4) is 0 Å². The van der Waals surface area contributed by atoms with E-state index in [1.807, 2.05) is 11.8 Å². The largest absolute Gasteiger partial charge is 0.396 e. The lowest BCUT2D eigenvalue weighted by Gasteiger charge is -2.34. The van der Waals surface area contributed by atoms with Gasteiger partial charge in [-0.3, -0.25) is 4.79 Å². The number of aliphatic hydroxyl groups is 1. The van der Waals surface area contributed by atoms with Gasteiger partial charge in [-0.05, 0) is 24.7 Å². The number of carbonyl (C=O) groups excluding carboxylic acids is 1. The highest BCUT2D eigenvalue weighted by Crippen LogP contribution is 2.22. The Morgan fingerprint density at radius 2 is 2.19 bits per heavy atom. The number of likely N-dealkylation sites (tertiary alicyclic amines) is 1. The van der Waals surface area contributed by atoms with E-state index in [0.29, 0.717) is 11.8 Å². The SMILES string of the molecule is CCC(C)C(C)C(=O)N1CCCC(CO)C1. The zero-order chi connectivity index (χ0) is 12.1. The molecule has 0 saturated carbocycles. The predicted octanol–water partition coefficient (Wildman–Crippen LogP) is 1.90. The molecule has 1 heterocycles. The minimum Gasteiger partial charge on any atom is -0.396 e. The van der Waals surface area contributed by atoms with Gasteiger partial charge in [0.05, 0.1) is 0 Å². The summed E-state index contributed by atoms with van der Waals surface area (Å²) in [6, 6.07) is 0. The molecular weight excluding hydrogens is 202 g/mol. The summed E-state index contributed by atoms with van der Waals surface area (Å²) in [5.74, 6) is 1.12. The number of nitrogens with zero attached hydrogens (tertiary/aromatic N) is 1. The number of rotatable bonds is 4. The lowest BCUT2D eigenvalue weighted by molar-refractivity contribution is -0.138. The van der Waals surface area contributed by atoms with Gasteiger partial charge in [0.2, 0.25) is 5.91 Å². The maximum absolute atomic E-state index is 12.2. The summed E-state index contributed by atoms with van der Waals surface area (Å²) < 4.78 is 0. The lowest BCUT2D eigenvalue weighted by atomic mass is 9.90. The van der Waals surface area contributed by atoms with Crippen molar-refractivity contribution in [2.75, 3.05) is 19.7 Å². The fourth-order valence-electron chi connectivity index (χ4n) is 2.30. The third-order valence-corrected chi connectivity index (χ3v) is 3.98. The monoisotopic (exact) mass is 227 g/mol. The van der Waals surface area contributed by atoms with Crippen LogP contribution < -0.4 is 0 Å². The van der Waals surface area contributed by atoms with Crippen molar-refractivity contribution in [3.63, 3.8) is 0 Å². The highest BCUT2D eigenvalue weighted by atomic mass is 16.3. The molecule has 1 aliphatic rings. The second kappa shape index (κ2) is 6.24. The Morgan fingerprint density at radius 1 is 1.50 bits per heavy atom. The fourth-order valence-corrected chi connectivity index (χ4v) is 2.30. The maximum Gasteiger partial charge on any atom is 0.225 e. The third-order valence-electron chi connectivity index (χ3n) is 3.98. The first-order chi connectivity index (χ1) is 7.60. The number of aliphatic hydroxyl groups excluding tert-OH is 1. The van der Waals surface area contributed by atoms with Gasteiger partial charge in [0.15, 0.2) is 0 Å².